The van der Waals surface area contributed by atoms with Crippen molar-refractivity contribution >= 4 is 5.91 Å². The Morgan fingerprint density at radius 2 is 2.00 bits per heavy atom. The van der Waals surface area contributed by atoms with Crippen molar-refractivity contribution in [2.45, 2.75) is 0 Å². The summed E-state index contributed by atoms with van der Waals surface area (Å²) in [6.45, 7) is 7.02. The Morgan fingerprint density at radius 1 is 1.33 bits per heavy atom. The number of nitrogens with one attached hydrogen (secondary N) is 1. The average Bonchev–Trinajstić information content (AvgIpc) is 2.11. The molecule has 0 unspecified atom stereocenters. The Kier molecular flexibility index (Phi) is 5.35. The molecule has 1 amide bonds. The first kappa shape index (κ1) is 10.4. The van der Waals surface area contributed by atoms with Crippen LogP contribution in [0.15, 0.2) is 49.1 Å². The molecule has 0 aromatic rings. The van der Waals surface area contributed by atoms with Gasteiger partial charge in [0.1, 0.15) is 0 Å². The lowest BCUT2D eigenvalue weighted by Crippen LogP contribution is -2.18. The number of carbonyl (C=O) groups excluding carboxylic acids is 1. The van der Waals surface area contributed by atoms with Gasteiger partial charge in [-0.1, -0.05) is 37.5 Å². The van der Waals surface area contributed by atoms with Gasteiger partial charge >= 0.3 is 0 Å². The minimum atomic E-state index is -0.131. The predicted octanol–water partition coefficient (Wildman–Crippen LogP) is 1.59. The molecule has 0 radical (unpaired) electrons. The van der Waals surface area contributed by atoms with Crippen molar-refractivity contribution in [2.24, 2.45) is 0 Å². The van der Waals surface area contributed by atoms with E-state index in [1.807, 2.05) is 0 Å². The van der Waals surface area contributed by atoms with Gasteiger partial charge in [-0.15, -0.1) is 0 Å². The molecule has 0 saturated heterocycles. The van der Waals surface area contributed by atoms with E-state index < -0.39 is 0 Å². The highest BCUT2D eigenvalue weighted by atomic mass is 16.1. The summed E-state index contributed by atoms with van der Waals surface area (Å²) in [5.74, 6) is -0.131. The largest absolute Gasteiger partial charge is 0.355 e. The van der Waals surface area contributed by atoms with E-state index in [9.17, 15) is 4.79 Å². The van der Waals surface area contributed by atoms with Gasteiger partial charge in [-0.25, -0.2) is 0 Å². The van der Waals surface area contributed by atoms with Crippen molar-refractivity contribution in [1.82, 2.24) is 5.32 Å². The van der Waals surface area contributed by atoms with Crippen LogP contribution in [0.3, 0.4) is 0 Å². The topological polar surface area (TPSA) is 29.1 Å². The van der Waals surface area contributed by atoms with Crippen molar-refractivity contribution in [2.75, 3.05) is 7.05 Å². The van der Waals surface area contributed by atoms with Gasteiger partial charge in [0.15, 0.2) is 0 Å². The van der Waals surface area contributed by atoms with Gasteiger partial charge < -0.3 is 5.32 Å². The zero-order chi connectivity index (χ0) is 9.40. The average molecular weight is 163 g/mol. The van der Waals surface area contributed by atoms with E-state index in [4.69, 9.17) is 0 Å². The molecule has 12 heavy (non-hydrogen) atoms. The van der Waals surface area contributed by atoms with Gasteiger partial charge in [0, 0.05) is 12.6 Å². The van der Waals surface area contributed by atoms with Gasteiger partial charge in [0.25, 0.3) is 5.91 Å². The molecule has 0 heterocycles. The lowest BCUT2D eigenvalue weighted by atomic mass is 10.2. The van der Waals surface area contributed by atoms with Crippen LogP contribution in [-0.4, -0.2) is 13.0 Å². The van der Waals surface area contributed by atoms with E-state index in [1.165, 1.54) is 0 Å². The van der Waals surface area contributed by atoms with E-state index in [1.54, 1.807) is 37.4 Å². The summed E-state index contributed by atoms with van der Waals surface area (Å²) in [4.78, 5) is 11.1. The van der Waals surface area contributed by atoms with Crippen LogP contribution in [0.2, 0.25) is 0 Å². The molecule has 2 nitrogen and oxygen atoms in total. The molecule has 0 aromatic heterocycles. The number of carbonyl (C=O) groups is 1. The Balaban J connectivity index is 4.54. The van der Waals surface area contributed by atoms with Gasteiger partial charge in [-0.2, -0.15) is 0 Å². The molecule has 0 saturated carbocycles. The fourth-order valence-electron chi connectivity index (χ4n) is 0.650. The van der Waals surface area contributed by atoms with Crippen LogP contribution in [0.5, 0.6) is 0 Å². The zero-order valence-electron chi connectivity index (χ0n) is 7.21. The molecular weight excluding hydrogens is 150 g/mol. The van der Waals surface area contributed by atoms with E-state index in [-0.39, 0.29) is 5.91 Å². The molecule has 0 bridgehead atoms. The third-order valence-electron chi connectivity index (χ3n) is 1.20. The molecule has 2 heteroatoms. The van der Waals surface area contributed by atoms with Crippen molar-refractivity contribution in [3.8, 4) is 0 Å². The fraction of sp³-hybridized carbons (Fsp3) is 0.100. The maximum Gasteiger partial charge on any atom is 0.251 e. The first-order chi connectivity index (χ1) is 5.76. The molecule has 1 N–H and O–H groups in total. The van der Waals surface area contributed by atoms with E-state index in [0.29, 0.717) is 5.57 Å². The number of amides is 1. The molecule has 0 rings (SSSR count). The van der Waals surface area contributed by atoms with Crippen LogP contribution in [0.25, 0.3) is 0 Å². The number of likely N-dealkylation sites (N-methyl/N-ethyl adjacent to an activating group) is 1. The summed E-state index contributed by atoms with van der Waals surface area (Å²) in [6.07, 6.45) is 8.19. The second-order valence-corrected chi connectivity index (χ2v) is 2.03. The second-order valence-electron chi connectivity index (χ2n) is 2.03. The molecule has 0 spiro atoms. The van der Waals surface area contributed by atoms with E-state index >= 15 is 0 Å². The van der Waals surface area contributed by atoms with Crippen LogP contribution in [0.4, 0.5) is 0 Å². The molecule has 0 aliphatic heterocycles. The SMILES string of the molecule is C=C/C=C\C(=C/C=C)C(=O)NC. The third kappa shape index (κ3) is 3.56. The van der Waals surface area contributed by atoms with Crippen molar-refractivity contribution in [3.05, 3.63) is 49.1 Å². The zero-order valence-corrected chi connectivity index (χ0v) is 7.21. The van der Waals surface area contributed by atoms with Crippen molar-refractivity contribution in [3.63, 3.8) is 0 Å². The van der Waals surface area contributed by atoms with Crippen LogP contribution in [0, 0.1) is 0 Å². The molecule has 0 aromatic carbocycles. The Hall–Kier alpha value is -1.57. The van der Waals surface area contributed by atoms with Crippen molar-refractivity contribution in [1.29, 1.82) is 0 Å². The first-order valence-electron chi connectivity index (χ1n) is 3.60. The summed E-state index contributed by atoms with van der Waals surface area (Å²) in [7, 11) is 1.58. The number of rotatable bonds is 4. The minimum Gasteiger partial charge on any atom is -0.355 e. The number of allylic oxidation sites excluding steroid dienone is 4. The first-order valence-corrected chi connectivity index (χ1v) is 3.60. The Morgan fingerprint density at radius 3 is 2.42 bits per heavy atom. The summed E-state index contributed by atoms with van der Waals surface area (Å²) >= 11 is 0. The van der Waals surface area contributed by atoms with Crippen LogP contribution in [0.1, 0.15) is 0 Å². The maximum atomic E-state index is 11.1. The maximum absolute atomic E-state index is 11.1. The minimum absolute atomic E-state index is 0.131. The highest BCUT2D eigenvalue weighted by molar-refractivity contribution is 5.96. The predicted molar refractivity (Wildman–Crippen MR) is 51.7 cm³/mol. The standard InChI is InChI=1S/C10H13NO/c1-4-6-8-9(7-5-2)10(12)11-3/h4-8H,1-2H2,3H3,(H,11,12)/b8-6-,9-7+. The molecular formula is C10H13NO. The Bertz CT molecular complexity index is 236. The molecule has 0 aliphatic carbocycles. The third-order valence-corrected chi connectivity index (χ3v) is 1.20. The molecule has 0 aliphatic rings. The van der Waals surface area contributed by atoms with Gasteiger partial charge in [-0.3, -0.25) is 4.79 Å². The van der Waals surface area contributed by atoms with Gasteiger partial charge in [0.05, 0.1) is 0 Å². The van der Waals surface area contributed by atoms with Crippen LogP contribution in [-0.2, 0) is 4.79 Å². The lowest BCUT2D eigenvalue weighted by Gasteiger charge is -1.97. The summed E-state index contributed by atoms with van der Waals surface area (Å²) in [6, 6.07) is 0. The van der Waals surface area contributed by atoms with Crippen LogP contribution < -0.4 is 5.32 Å². The van der Waals surface area contributed by atoms with Crippen LogP contribution >= 0.6 is 0 Å². The fourth-order valence-corrected chi connectivity index (χ4v) is 0.650. The van der Waals surface area contributed by atoms with Gasteiger partial charge in [0.2, 0.25) is 0 Å². The summed E-state index contributed by atoms with van der Waals surface area (Å²) in [5.41, 5.74) is 0.562. The highest BCUT2D eigenvalue weighted by Gasteiger charge is 1.99. The van der Waals surface area contributed by atoms with Crippen molar-refractivity contribution < 1.29 is 4.79 Å². The van der Waals surface area contributed by atoms with E-state index in [0.717, 1.165) is 0 Å². The number of hydrogen-bond donors (Lipinski definition) is 1. The Labute approximate surface area is 73.0 Å². The summed E-state index contributed by atoms with van der Waals surface area (Å²) in [5, 5.41) is 2.52. The molecule has 0 fully saturated rings. The molecule has 64 valence electrons. The summed E-state index contributed by atoms with van der Waals surface area (Å²) < 4.78 is 0. The second kappa shape index (κ2) is 6.16. The van der Waals surface area contributed by atoms with E-state index in [2.05, 4.69) is 18.5 Å². The normalized spacial score (nSPS) is 11.2. The quantitative estimate of drug-likeness (QED) is 0.495. The van der Waals surface area contributed by atoms with Gasteiger partial charge in [-0.05, 0) is 6.08 Å². The smallest absolute Gasteiger partial charge is 0.251 e. The molecule has 0 atom stereocenters. The lowest BCUT2D eigenvalue weighted by molar-refractivity contribution is -0.116. The number of hydrogen-bond acceptors (Lipinski definition) is 1. The highest BCUT2D eigenvalue weighted by Crippen LogP contribution is 1.97. The monoisotopic (exact) mass is 163 g/mol.